The highest BCUT2D eigenvalue weighted by Gasteiger charge is 2.37. The van der Waals surface area contributed by atoms with E-state index in [4.69, 9.17) is 4.74 Å². The molecule has 1 fully saturated rings. The van der Waals surface area contributed by atoms with Crippen LogP contribution in [0, 0.1) is 23.1 Å². The number of rotatable bonds is 8. The van der Waals surface area contributed by atoms with Crippen molar-refractivity contribution in [1.29, 1.82) is 0 Å². The SMILES string of the molecule is COc1ccc2ncc(F)c([C@H](O)CCC3(CC(=O)O)CCN(CC#Cc4cccs4)CC3)c2c1. The average molecular weight is 497 g/mol. The third-order valence-electron chi connectivity index (χ3n) is 6.83. The summed E-state index contributed by atoms with van der Waals surface area (Å²) in [5.74, 6) is 5.48. The van der Waals surface area contributed by atoms with E-state index in [1.165, 1.54) is 7.11 Å². The van der Waals surface area contributed by atoms with Crippen LogP contribution >= 0.6 is 11.3 Å². The predicted octanol–water partition coefficient (Wildman–Crippen LogP) is 4.87. The topological polar surface area (TPSA) is 82.9 Å². The average Bonchev–Trinajstić information content (AvgIpc) is 3.36. The van der Waals surface area contributed by atoms with Gasteiger partial charge in [0.05, 0.1) is 42.8 Å². The number of benzene rings is 1. The molecule has 0 unspecified atom stereocenters. The van der Waals surface area contributed by atoms with Gasteiger partial charge in [0.2, 0.25) is 0 Å². The Morgan fingerprint density at radius 3 is 2.83 bits per heavy atom. The van der Waals surface area contributed by atoms with Gasteiger partial charge in [-0.05, 0) is 73.8 Å². The second-order valence-corrected chi connectivity index (χ2v) is 10.0. The third kappa shape index (κ3) is 6.17. The van der Waals surface area contributed by atoms with E-state index in [0.29, 0.717) is 42.5 Å². The first-order valence-corrected chi connectivity index (χ1v) is 12.5. The molecule has 1 aliphatic rings. The van der Waals surface area contributed by atoms with E-state index in [9.17, 15) is 19.4 Å². The molecular weight excluding hydrogens is 467 g/mol. The van der Waals surface area contributed by atoms with Crippen molar-refractivity contribution in [3.8, 4) is 17.6 Å². The highest BCUT2D eigenvalue weighted by molar-refractivity contribution is 7.10. The van der Waals surface area contributed by atoms with Crippen LogP contribution in [0.2, 0.25) is 0 Å². The molecule has 3 aromatic rings. The molecule has 2 aromatic heterocycles. The third-order valence-corrected chi connectivity index (χ3v) is 7.61. The zero-order valence-electron chi connectivity index (χ0n) is 19.7. The molecule has 35 heavy (non-hydrogen) atoms. The van der Waals surface area contributed by atoms with Crippen molar-refractivity contribution in [3.05, 3.63) is 58.2 Å². The summed E-state index contributed by atoms with van der Waals surface area (Å²) in [6, 6.07) is 9.10. The van der Waals surface area contributed by atoms with E-state index in [1.807, 2.05) is 17.5 Å². The lowest BCUT2D eigenvalue weighted by Gasteiger charge is -2.41. The van der Waals surface area contributed by atoms with Gasteiger partial charge < -0.3 is 14.9 Å². The van der Waals surface area contributed by atoms with Crippen LogP contribution in [0.3, 0.4) is 0 Å². The summed E-state index contributed by atoms with van der Waals surface area (Å²) in [6.45, 7) is 2.12. The number of carbonyl (C=O) groups is 1. The first-order chi connectivity index (χ1) is 16.9. The number of pyridine rings is 1. The minimum atomic E-state index is -1.08. The first-order valence-electron chi connectivity index (χ1n) is 11.7. The number of ether oxygens (including phenoxy) is 1. The van der Waals surface area contributed by atoms with Crippen molar-refractivity contribution in [2.75, 3.05) is 26.7 Å². The van der Waals surface area contributed by atoms with Gasteiger partial charge in [0.15, 0.2) is 0 Å². The first kappa shape index (κ1) is 25.1. The number of aromatic nitrogens is 1. The Hall–Kier alpha value is -2.99. The lowest BCUT2D eigenvalue weighted by Crippen LogP contribution is -2.41. The van der Waals surface area contributed by atoms with Crippen LogP contribution in [-0.2, 0) is 4.79 Å². The van der Waals surface area contributed by atoms with Crippen molar-refractivity contribution < 1.29 is 24.1 Å². The molecule has 1 atom stereocenters. The second-order valence-electron chi connectivity index (χ2n) is 9.08. The number of methoxy groups -OCH3 is 1. The lowest BCUT2D eigenvalue weighted by atomic mass is 9.71. The minimum absolute atomic E-state index is 0.0296. The summed E-state index contributed by atoms with van der Waals surface area (Å²) in [6.07, 6.45) is 2.21. The lowest BCUT2D eigenvalue weighted by molar-refractivity contribution is -0.141. The largest absolute Gasteiger partial charge is 0.497 e. The summed E-state index contributed by atoms with van der Waals surface area (Å²) in [4.78, 5) is 19.1. The molecule has 0 aliphatic carbocycles. The molecule has 2 N–H and O–H groups in total. The van der Waals surface area contributed by atoms with Crippen molar-refractivity contribution in [2.24, 2.45) is 5.41 Å². The fraction of sp³-hybridized carbons (Fsp3) is 0.407. The summed E-state index contributed by atoms with van der Waals surface area (Å²) in [5, 5.41) is 23.1. The molecule has 3 heterocycles. The van der Waals surface area contributed by atoms with Crippen molar-refractivity contribution in [3.63, 3.8) is 0 Å². The van der Waals surface area contributed by atoms with Gasteiger partial charge in [-0.2, -0.15) is 0 Å². The normalized spacial score (nSPS) is 16.4. The molecule has 1 aliphatic heterocycles. The highest BCUT2D eigenvalue weighted by Crippen LogP contribution is 2.42. The fourth-order valence-electron chi connectivity index (χ4n) is 4.83. The predicted molar refractivity (Wildman–Crippen MR) is 134 cm³/mol. The van der Waals surface area contributed by atoms with Gasteiger partial charge in [0.25, 0.3) is 0 Å². The molecule has 8 heteroatoms. The minimum Gasteiger partial charge on any atom is -0.497 e. The van der Waals surface area contributed by atoms with Crippen LogP contribution in [0.15, 0.2) is 41.9 Å². The number of hydrogen-bond acceptors (Lipinski definition) is 6. The molecule has 0 amide bonds. The van der Waals surface area contributed by atoms with Gasteiger partial charge in [0, 0.05) is 10.9 Å². The van der Waals surface area contributed by atoms with Crippen molar-refractivity contribution in [2.45, 2.75) is 38.2 Å². The van der Waals surface area contributed by atoms with E-state index < -0.39 is 23.3 Å². The number of hydrogen-bond donors (Lipinski definition) is 2. The van der Waals surface area contributed by atoms with E-state index in [0.717, 1.165) is 24.2 Å². The number of carboxylic acids is 1. The number of fused-ring (bicyclic) bond motifs is 1. The Kier molecular flexibility index (Phi) is 8.01. The summed E-state index contributed by atoms with van der Waals surface area (Å²) in [5.41, 5.74) is 0.306. The van der Waals surface area contributed by atoms with Crippen LogP contribution in [0.1, 0.15) is 48.6 Å². The quantitative estimate of drug-likeness (QED) is 0.433. The molecule has 184 valence electrons. The van der Waals surface area contributed by atoms with E-state index >= 15 is 0 Å². The zero-order valence-corrected chi connectivity index (χ0v) is 20.5. The highest BCUT2D eigenvalue weighted by atomic mass is 32.1. The second kappa shape index (κ2) is 11.2. The van der Waals surface area contributed by atoms with E-state index in [1.54, 1.807) is 29.5 Å². The number of aliphatic carboxylic acids is 1. The molecule has 0 spiro atoms. The molecule has 4 rings (SSSR count). The number of aliphatic hydroxyl groups excluding tert-OH is 1. The van der Waals surface area contributed by atoms with E-state index in [-0.39, 0.29) is 18.4 Å². The number of aliphatic hydroxyl groups is 1. The van der Waals surface area contributed by atoms with Gasteiger partial charge in [-0.3, -0.25) is 14.7 Å². The summed E-state index contributed by atoms with van der Waals surface area (Å²) < 4.78 is 20.0. The number of halogens is 1. The zero-order chi connectivity index (χ0) is 24.8. The van der Waals surface area contributed by atoms with Crippen molar-refractivity contribution in [1.82, 2.24) is 9.88 Å². The van der Waals surface area contributed by atoms with E-state index in [2.05, 4.69) is 21.7 Å². The van der Waals surface area contributed by atoms with Crippen LogP contribution in [0.4, 0.5) is 4.39 Å². The maximum absolute atomic E-state index is 14.8. The molecule has 1 aromatic carbocycles. The fourth-order valence-corrected chi connectivity index (χ4v) is 5.42. The molecule has 6 nitrogen and oxygen atoms in total. The number of thiophene rings is 1. The number of likely N-dealkylation sites (tertiary alicyclic amines) is 1. The van der Waals surface area contributed by atoms with Gasteiger partial charge in [-0.1, -0.05) is 17.9 Å². The van der Waals surface area contributed by atoms with Gasteiger partial charge in [0.1, 0.15) is 11.6 Å². The summed E-state index contributed by atoms with van der Waals surface area (Å²) in [7, 11) is 1.53. The summed E-state index contributed by atoms with van der Waals surface area (Å²) >= 11 is 1.61. The molecule has 0 bridgehead atoms. The Bertz CT molecular complexity index is 1230. The molecule has 1 saturated heterocycles. The Balaban J connectivity index is 1.44. The van der Waals surface area contributed by atoms with Crippen LogP contribution in [0.5, 0.6) is 5.75 Å². The molecule has 0 radical (unpaired) electrons. The standard InChI is InChI=1S/C27H29FN2O4S/c1-34-19-6-7-23-21(16-19)26(22(28)18-29-23)24(31)8-9-27(17-25(32)33)10-13-30(14-11-27)12-2-4-20-5-3-15-35-20/h3,5-7,15-16,18,24,31H,8-14,17H2,1H3,(H,32,33)/t24-/m1/s1. The smallest absolute Gasteiger partial charge is 0.303 e. The van der Waals surface area contributed by atoms with Crippen LogP contribution in [-0.4, -0.2) is 52.8 Å². The van der Waals surface area contributed by atoms with Gasteiger partial charge in [-0.15, -0.1) is 11.3 Å². The van der Waals surface area contributed by atoms with Crippen LogP contribution in [0.25, 0.3) is 10.9 Å². The van der Waals surface area contributed by atoms with Crippen molar-refractivity contribution >= 4 is 28.2 Å². The molecular formula is C27H29FN2O4S. The van der Waals surface area contributed by atoms with Crippen LogP contribution < -0.4 is 4.74 Å². The Labute approximate surface area is 208 Å². The monoisotopic (exact) mass is 496 g/mol. The number of piperidine rings is 1. The maximum Gasteiger partial charge on any atom is 0.303 e. The molecule has 0 saturated carbocycles. The Morgan fingerprint density at radius 1 is 1.34 bits per heavy atom. The number of carboxylic acid groups (broad SMARTS) is 1. The Morgan fingerprint density at radius 2 is 2.14 bits per heavy atom. The maximum atomic E-state index is 14.8. The van der Waals surface area contributed by atoms with Gasteiger partial charge >= 0.3 is 5.97 Å². The number of nitrogens with zero attached hydrogens (tertiary/aromatic N) is 2. The van der Waals surface area contributed by atoms with Gasteiger partial charge in [-0.25, -0.2) is 4.39 Å².